The lowest BCUT2D eigenvalue weighted by Gasteiger charge is -2.39. The van der Waals surface area contributed by atoms with E-state index in [0.717, 1.165) is 58.1 Å². The van der Waals surface area contributed by atoms with E-state index in [1.807, 2.05) is 32.2 Å². The molecule has 0 aliphatic carbocycles. The maximum atomic E-state index is 12.5. The van der Waals surface area contributed by atoms with Crippen LogP contribution in [-0.4, -0.2) is 84.9 Å². The number of anilines is 1. The molecule has 3 heterocycles. The van der Waals surface area contributed by atoms with Gasteiger partial charge in [0.1, 0.15) is 5.82 Å². The first-order valence-corrected chi connectivity index (χ1v) is 11.3. The molecule has 30 heavy (non-hydrogen) atoms. The minimum Gasteiger partial charge on any atom is -0.354 e. The summed E-state index contributed by atoms with van der Waals surface area (Å²) < 4.78 is 0. The van der Waals surface area contributed by atoms with Gasteiger partial charge in [0, 0.05) is 45.5 Å². The first kappa shape index (κ1) is 22.7. The van der Waals surface area contributed by atoms with Crippen molar-refractivity contribution >= 4 is 17.5 Å². The van der Waals surface area contributed by atoms with Gasteiger partial charge in [0.25, 0.3) is 0 Å². The summed E-state index contributed by atoms with van der Waals surface area (Å²) in [6.07, 6.45) is 4.21. The molecule has 2 aliphatic heterocycles. The average molecular weight is 416 g/mol. The van der Waals surface area contributed by atoms with Crippen LogP contribution in [0.15, 0.2) is 24.4 Å². The highest BCUT2D eigenvalue weighted by atomic mass is 16.2. The van der Waals surface area contributed by atoms with Crippen LogP contribution in [0, 0.1) is 11.8 Å². The zero-order chi connectivity index (χ0) is 21.5. The maximum absolute atomic E-state index is 12.5. The molecule has 1 N–H and O–H groups in total. The van der Waals surface area contributed by atoms with Gasteiger partial charge in [0.15, 0.2) is 5.78 Å². The van der Waals surface area contributed by atoms with Gasteiger partial charge in [-0.2, -0.15) is 0 Å². The quantitative estimate of drug-likeness (QED) is 0.696. The Balaban J connectivity index is 1.42. The Hall–Kier alpha value is -1.99. The van der Waals surface area contributed by atoms with Crippen LogP contribution in [-0.2, 0) is 9.59 Å². The number of ketones is 1. The molecule has 1 aromatic heterocycles. The van der Waals surface area contributed by atoms with Gasteiger partial charge in [0.05, 0.1) is 12.6 Å². The molecule has 0 saturated carbocycles. The highest BCUT2D eigenvalue weighted by molar-refractivity contribution is 5.88. The van der Waals surface area contributed by atoms with Crippen molar-refractivity contribution in [1.29, 1.82) is 0 Å². The van der Waals surface area contributed by atoms with Crippen LogP contribution in [0.5, 0.6) is 0 Å². The van der Waals surface area contributed by atoms with E-state index >= 15 is 0 Å². The number of hydrogen-bond acceptors (Lipinski definition) is 6. The predicted molar refractivity (Wildman–Crippen MR) is 120 cm³/mol. The molecule has 2 unspecified atom stereocenters. The molecule has 2 fully saturated rings. The van der Waals surface area contributed by atoms with Crippen LogP contribution in [0.2, 0.25) is 0 Å². The summed E-state index contributed by atoms with van der Waals surface area (Å²) in [6.45, 7) is 13.0. The predicted octanol–water partition coefficient (Wildman–Crippen LogP) is 1.65. The largest absolute Gasteiger partial charge is 0.354 e. The molecule has 2 aliphatic rings. The van der Waals surface area contributed by atoms with Crippen LogP contribution in [0.3, 0.4) is 0 Å². The van der Waals surface area contributed by atoms with Crippen molar-refractivity contribution in [3.05, 3.63) is 24.4 Å². The number of Topliss-reactive ketones (excluding diaryl/α,β-unsaturated/α-hetero) is 1. The fraction of sp³-hybridized carbons (Fsp3) is 0.696. The highest BCUT2D eigenvalue weighted by Crippen LogP contribution is 2.19. The Morgan fingerprint density at radius 1 is 1.13 bits per heavy atom. The molecule has 0 spiro atoms. The van der Waals surface area contributed by atoms with Gasteiger partial charge in [0.2, 0.25) is 5.91 Å². The molecule has 0 aromatic carbocycles. The summed E-state index contributed by atoms with van der Waals surface area (Å²) in [5.74, 6) is 1.78. The topological polar surface area (TPSA) is 68.8 Å². The Morgan fingerprint density at radius 3 is 2.53 bits per heavy atom. The molecular weight excluding hydrogens is 378 g/mol. The van der Waals surface area contributed by atoms with Crippen LogP contribution >= 0.6 is 0 Å². The van der Waals surface area contributed by atoms with Crippen LogP contribution in [0.1, 0.15) is 33.6 Å². The van der Waals surface area contributed by atoms with Crippen molar-refractivity contribution in [1.82, 2.24) is 20.1 Å². The fourth-order valence-electron chi connectivity index (χ4n) is 4.67. The summed E-state index contributed by atoms with van der Waals surface area (Å²) in [6, 6.07) is 5.70. The second-order valence-electron chi connectivity index (χ2n) is 9.12. The Bertz CT molecular complexity index is 688. The first-order chi connectivity index (χ1) is 14.4. The molecule has 1 amide bonds. The van der Waals surface area contributed by atoms with Crippen molar-refractivity contribution in [2.75, 3.05) is 57.3 Å². The van der Waals surface area contributed by atoms with Gasteiger partial charge in [-0.3, -0.25) is 19.4 Å². The van der Waals surface area contributed by atoms with E-state index in [4.69, 9.17) is 0 Å². The summed E-state index contributed by atoms with van der Waals surface area (Å²) in [5.41, 5.74) is 0. The number of nitrogens with zero attached hydrogens (tertiary/aromatic N) is 4. The second-order valence-corrected chi connectivity index (χ2v) is 9.12. The number of piperazine rings is 1. The van der Waals surface area contributed by atoms with Crippen molar-refractivity contribution in [3.63, 3.8) is 0 Å². The fourth-order valence-corrected chi connectivity index (χ4v) is 4.67. The number of rotatable bonds is 8. The summed E-state index contributed by atoms with van der Waals surface area (Å²) in [4.78, 5) is 35.9. The van der Waals surface area contributed by atoms with Crippen molar-refractivity contribution in [3.8, 4) is 0 Å². The molecule has 3 rings (SSSR count). The van der Waals surface area contributed by atoms with E-state index in [9.17, 15) is 9.59 Å². The van der Waals surface area contributed by atoms with Crippen LogP contribution in [0.4, 0.5) is 5.82 Å². The van der Waals surface area contributed by atoms with Gasteiger partial charge in [-0.25, -0.2) is 4.98 Å². The number of pyridine rings is 1. The Kier molecular flexibility index (Phi) is 8.22. The van der Waals surface area contributed by atoms with E-state index in [2.05, 4.69) is 31.1 Å². The zero-order valence-electron chi connectivity index (χ0n) is 18.7. The number of aromatic nitrogens is 1. The molecule has 7 heteroatoms. The number of piperidine rings is 1. The highest BCUT2D eigenvalue weighted by Gasteiger charge is 2.27. The van der Waals surface area contributed by atoms with E-state index in [0.29, 0.717) is 12.5 Å². The smallest absolute Gasteiger partial charge is 0.234 e. The second kappa shape index (κ2) is 10.9. The van der Waals surface area contributed by atoms with Gasteiger partial charge < -0.3 is 10.2 Å². The average Bonchev–Trinajstić information content (AvgIpc) is 2.73. The number of likely N-dealkylation sites (tertiary alicyclic amines) is 1. The summed E-state index contributed by atoms with van der Waals surface area (Å²) >= 11 is 0. The van der Waals surface area contributed by atoms with Gasteiger partial charge in [-0.1, -0.05) is 19.9 Å². The Labute approximate surface area is 180 Å². The molecule has 1 aromatic rings. The van der Waals surface area contributed by atoms with Crippen LogP contribution in [0.25, 0.3) is 0 Å². The van der Waals surface area contributed by atoms with Gasteiger partial charge in [-0.05, 0) is 50.3 Å². The molecule has 166 valence electrons. The van der Waals surface area contributed by atoms with Crippen molar-refractivity contribution < 1.29 is 9.59 Å². The number of hydrogen-bond donors (Lipinski definition) is 1. The summed E-state index contributed by atoms with van der Waals surface area (Å²) in [5, 5.41) is 2.93. The first-order valence-electron chi connectivity index (χ1n) is 11.3. The van der Waals surface area contributed by atoms with Gasteiger partial charge >= 0.3 is 0 Å². The number of amides is 1. The number of nitrogens with one attached hydrogen (secondary N) is 1. The van der Waals surface area contributed by atoms with Crippen LogP contribution < -0.4 is 10.2 Å². The van der Waals surface area contributed by atoms with Gasteiger partial charge in [-0.15, -0.1) is 0 Å². The molecule has 2 atom stereocenters. The normalized spacial score (nSPS) is 22.1. The van der Waals surface area contributed by atoms with E-state index in [1.54, 1.807) is 6.92 Å². The van der Waals surface area contributed by atoms with E-state index < -0.39 is 0 Å². The molecular formula is C23H37N5O2. The lowest BCUT2D eigenvalue weighted by atomic mass is 9.97. The number of carbonyl (C=O) groups excluding carboxylic acids is 2. The molecule has 7 nitrogen and oxygen atoms in total. The third kappa shape index (κ3) is 6.51. The minimum atomic E-state index is -0.381. The lowest BCUT2D eigenvalue weighted by Crippen LogP contribution is -2.51. The zero-order valence-corrected chi connectivity index (χ0v) is 18.7. The third-order valence-corrected chi connectivity index (χ3v) is 6.25. The molecule has 0 bridgehead atoms. The SMILES string of the molecule is CC(=O)C(NC(=O)CN1CCCC(CN2CCN(c3ccccn3)CC2)C1)C(C)C. The lowest BCUT2D eigenvalue weighted by molar-refractivity contribution is -0.128. The third-order valence-electron chi connectivity index (χ3n) is 6.25. The number of carbonyl (C=O) groups is 2. The monoisotopic (exact) mass is 415 g/mol. The summed E-state index contributed by atoms with van der Waals surface area (Å²) in [7, 11) is 0. The maximum Gasteiger partial charge on any atom is 0.234 e. The van der Waals surface area contributed by atoms with E-state index in [1.165, 1.54) is 6.42 Å². The van der Waals surface area contributed by atoms with Crippen molar-refractivity contribution in [2.24, 2.45) is 11.8 Å². The standard InChI is InChI=1S/C23H37N5O2/c1-18(2)23(19(3)29)25-22(30)17-27-10-6-7-20(16-27)15-26-11-13-28(14-12-26)21-8-4-5-9-24-21/h4-5,8-9,18,20,23H,6-7,10-17H2,1-3H3,(H,25,30). The Morgan fingerprint density at radius 2 is 1.90 bits per heavy atom. The molecule has 2 saturated heterocycles. The minimum absolute atomic E-state index is 0.0275. The van der Waals surface area contributed by atoms with E-state index in [-0.39, 0.29) is 23.7 Å². The molecule has 0 radical (unpaired) electrons. The van der Waals surface area contributed by atoms with Crippen molar-refractivity contribution in [2.45, 2.75) is 39.7 Å².